The molecule has 2 aromatic carbocycles. The third-order valence-electron chi connectivity index (χ3n) is 4.17. The number of rotatable bonds is 8. The van der Waals surface area contributed by atoms with E-state index in [1.807, 2.05) is 24.3 Å². The molecule has 27 heavy (non-hydrogen) atoms. The molecule has 0 saturated heterocycles. The number of hydrogen-bond acceptors (Lipinski definition) is 4. The quantitative estimate of drug-likeness (QED) is 0.425. The molecule has 2 aromatic rings. The maximum Gasteiger partial charge on any atom is 0.337 e. The number of benzene rings is 2. The molecule has 0 heterocycles. The fraction of sp³-hybridized carbons (Fsp3) is 0.333. The van der Waals surface area contributed by atoms with Gasteiger partial charge in [0.2, 0.25) is 0 Å². The molecule has 144 valence electrons. The standard InChI is InChI=1S/C21H27N3O3/c1-22-21(24-15-13-17-6-10-19(26-2)11-7-17)23-14-12-16-4-8-18(9-5-16)20(25)27-3/h4-11H,12-15H2,1-3H3,(H2,22,23,24). The van der Waals surface area contributed by atoms with Crippen LogP contribution in [0.1, 0.15) is 21.5 Å². The lowest BCUT2D eigenvalue weighted by atomic mass is 10.1. The number of nitrogens with zero attached hydrogens (tertiary/aromatic N) is 1. The van der Waals surface area contributed by atoms with Crippen LogP contribution in [0.3, 0.4) is 0 Å². The second-order valence-corrected chi connectivity index (χ2v) is 5.96. The summed E-state index contributed by atoms with van der Waals surface area (Å²) in [6, 6.07) is 15.5. The number of carbonyl (C=O) groups excluding carboxylic acids is 1. The maximum absolute atomic E-state index is 11.4. The van der Waals surface area contributed by atoms with Gasteiger partial charge in [-0.15, -0.1) is 0 Å². The molecule has 6 nitrogen and oxygen atoms in total. The van der Waals surface area contributed by atoms with Crippen molar-refractivity contribution in [2.24, 2.45) is 4.99 Å². The van der Waals surface area contributed by atoms with Gasteiger partial charge >= 0.3 is 5.97 Å². The topological polar surface area (TPSA) is 72.0 Å². The van der Waals surface area contributed by atoms with E-state index in [1.54, 1.807) is 26.3 Å². The van der Waals surface area contributed by atoms with Crippen LogP contribution in [0.15, 0.2) is 53.5 Å². The molecule has 0 spiro atoms. The number of esters is 1. The first kappa shape index (κ1) is 20.3. The van der Waals surface area contributed by atoms with E-state index in [4.69, 9.17) is 9.47 Å². The zero-order valence-corrected chi connectivity index (χ0v) is 16.1. The summed E-state index contributed by atoms with van der Waals surface area (Å²) in [5.41, 5.74) is 2.94. The predicted octanol–water partition coefficient (Wildman–Crippen LogP) is 2.43. The molecule has 6 heteroatoms. The van der Waals surface area contributed by atoms with Crippen molar-refractivity contribution in [3.8, 4) is 5.75 Å². The van der Waals surface area contributed by atoms with E-state index in [0.29, 0.717) is 5.56 Å². The van der Waals surface area contributed by atoms with Gasteiger partial charge in [-0.05, 0) is 48.2 Å². The van der Waals surface area contributed by atoms with Gasteiger partial charge in [-0.2, -0.15) is 0 Å². The zero-order chi connectivity index (χ0) is 19.5. The summed E-state index contributed by atoms with van der Waals surface area (Å²) in [5.74, 6) is 1.32. The van der Waals surface area contributed by atoms with Crippen LogP contribution >= 0.6 is 0 Å². The lowest BCUT2D eigenvalue weighted by molar-refractivity contribution is 0.0600. The van der Waals surface area contributed by atoms with Crippen molar-refractivity contribution in [2.75, 3.05) is 34.4 Å². The fourth-order valence-corrected chi connectivity index (χ4v) is 2.59. The Labute approximate surface area is 160 Å². The van der Waals surface area contributed by atoms with Crippen molar-refractivity contribution in [1.82, 2.24) is 10.6 Å². The second-order valence-electron chi connectivity index (χ2n) is 5.96. The smallest absolute Gasteiger partial charge is 0.337 e. The van der Waals surface area contributed by atoms with Crippen molar-refractivity contribution in [2.45, 2.75) is 12.8 Å². The molecule has 0 unspecified atom stereocenters. The summed E-state index contributed by atoms with van der Waals surface area (Å²) < 4.78 is 9.87. The minimum absolute atomic E-state index is 0.318. The normalized spacial score (nSPS) is 11.0. The lowest BCUT2D eigenvalue weighted by Gasteiger charge is -2.12. The summed E-state index contributed by atoms with van der Waals surface area (Å²) in [6.45, 7) is 1.54. The number of ether oxygens (including phenoxy) is 2. The molecule has 0 aliphatic rings. The molecule has 0 radical (unpaired) electrons. The summed E-state index contributed by atoms with van der Waals surface area (Å²) in [4.78, 5) is 15.7. The monoisotopic (exact) mass is 369 g/mol. The van der Waals surface area contributed by atoms with Crippen LogP contribution in [0.25, 0.3) is 0 Å². The highest BCUT2D eigenvalue weighted by molar-refractivity contribution is 5.89. The van der Waals surface area contributed by atoms with Gasteiger partial charge in [-0.1, -0.05) is 24.3 Å². The third-order valence-corrected chi connectivity index (χ3v) is 4.17. The molecule has 0 saturated carbocycles. The molecule has 0 bridgehead atoms. The van der Waals surface area contributed by atoms with E-state index in [1.165, 1.54) is 12.7 Å². The molecule has 0 atom stereocenters. The minimum Gasteiger partial charge on any atom is -0.497 e. The van der Waals surface area contributed by atoms with Crippen LogP contribution in [0.2, 0.25) is 0 Å². The number of carbonyl (C=O) groups is 1. The van der Waals surface area contributed by atoms with E-state index in [9.17, 15) is 4.79 Å². The second kappa shape index (κ2) is 10.9. The van der Waals surface area contributed by atoms with Gasteiger partial charge in [0.1, 0.15) is 5.75 Å². The first-order chi connectivity index (χ1) is 13.2. The highest BCUT2D eigenvalue weighted by Crippen LogP contribution is 2.11. The van der Waals surface area contributed by atoms with Crippen LogP contribution < -0.4 is 15.4 Å². The maximum atomic E-state index is 11.4. The Balaban J connectivity index is 1.71. The number of methoxy groups -OCH3 is 2. The lowest BCUT2D eigenvalue weighted by Crippen LogP contribution is -2.39. The van der Waals surface area contributed by atoms with E-state index in [-0.39, 0.29) is 5.97 Å². The number of hydrogen-bond donors (Lipinski definition) is 2. The Bertz CT molecular complexity index is 740. The van der Waals surface area contributed by atoms with Gasteiger partial charge in [0.15, 0.2) is 5.96 Å². The third kappa shape index (κ3) is 6.66. The molecule has 0 aliphatic carbocycles. The summed E-state index contributed by atoms with van der Waals surface area (Å²) in [5, 5.41) is 6.61. The molecule has 2 rings (SSSR count). The molecule has 0 fully saturated rings. The number of nitrogens with one attached hydrogen (secondary N) is 2. The highest BCUT2D eigenvalue weighted by Gasteiger charge is 2.04. The number of guanidine groups is 1. The first-order valence-corrected chi connectivity index (χ1v) is 8.91. The van der Waals surface area contributed by atoms with Crippen molar-refractivity contribution >= 4 is 11.9 Å². The molecule has 0 amide bonds. The molecular formula is C21H27N3O3. The average Bonchev–Trinajstić information content (AvgIpc) is 2.73. The van der Waals surface area contributed by atoms with Crippen molar-refractivity contribution < 1.29 is 14.3 Å². The van der Waals surface area contributed by atoms with Gasteiger partial charge in [0.05, 0.1) is 19.8 Å². The van der Waals surface area contributed by atoms with Gasteiger partial charge in [-0.25, -0.2) is 4.79 Å². The van der Waals surface area contributed by atoms with Crippen LogP contribution in [-0.4, -0.2) is 46.3 Å². The predicted molar refractivity (Wildman–Crippen MR) is 108 cm³/mol. The van der Waals surface area contributed by atoms with Crippen LogP contribution in [0, 0.1) is 0 Å². The SMILES string of the molecule is CN=C(NCCc1ccc(OC)cc1)NCCc1ccc(C(=O)OC)cc1. The minimum atomic E-state index is -0.318. The van der Waals surface area contributed by atoms with Crippen LogP contribution in [0.5, 0.6) is 5.75 Å². The average molecular weight is 369 g/mol. The summed E-state index contributed by atoms with van der Waals surface area (Å²) in [7, 11) is 4.81. The molecule has 2 N–H and O–H groups in total. The summed E-state index contributed by atoms with van der Waals surface area (Å²) >= 11 is 0. The summed E-state index contributed by atoms with van der Waals surface area (Å²) in [6.07, 6.45) is 1.74. The van der Waals surface area contributed by atoms with Crippen LogP contribution in [0.4, 0.5) is 0 Å². The molecule has 0 aliphatic heterocycles. The Kier molecular flexibility index (Phi) is 8.16. The van der Waals surface area contributed by atoms with E-state index >= 15 is 0 Å². The van der Waals surface area contributed by atoms with Crippen LogP contribution in [-0.2, 0) is 17.6 Å². The van der Waals surface area contributed by atoms with Gasteiger partial charge in [0, 0.05) is 20.1 Å². The van der Waals surface area contributed by atoms with E-state index < -0.39 is 0 Å². The Morgan fingerprint density at radius 2 is 1.41 bits per heavy atom. The van der Waals surface area contributed by atoms with Crippen molar-refractivity contribution in [3.63, 3.8) is 0 Å². The van der Waals surface area contributed by atoms with Crippen molar-refractivity contribution in [3.05, 3.63) is 65.2 Å². The Morgan fingerprint density at radius 1 is 0.889 bits per heavy atom. The van der Waals surface area contributed by atoms with E-state index in [2.05, 4.69) is 27.8 Å². The number of aliphatic imine (C=N–C) groups is 1. The highest BCUT2D eigenvalue weighted by atomic mass is 16.5. The molecule has 0 aromatic heterocycles. The Morgan fingerprint density at radius 3 is 1.85 bits per heavy atom. The van der Waals surface area contributed by atoms with E-state index in [0.717, 1.165) is 43.2 Å². The first-order valence-electron chi connectivity index (χ1n) is 8.91. The fourth-order valence-electron chi connectivity index (χ4n) is 2.59. The van der Waals surface area contributed by atoms with Gasteiger partial charge < -0.3 is 20.1 Å². The molecular weight excluding hydrogens is 342 g/mol. The Hall–Kier alpha value is -3.02. The van der Waals surface area contributed by atoms with Gasteiger partial charge in [0.25, 0.3) is 0 Å². The van der Waals surface area contributed by atoms with Crippen molar-refractivity contribution in [1.29, 1.82) is 0 Å². The van der Waals surface area contributed by atoms with Gasteiger partial charge in [-0.3, -0.25) is 4.99 Å². The zero-order valence-electron chi connectivity index (χ0n) is 16.1. The largest absolute Gasteiger partial charge is 0.497 e.